The number of hydrogen-bond acceptors (Lipinski definition) is 3. The molecular weight excluding hydrogens is 240 g/mol. The Balaban J connectivity index is 3.22. The predicted molar refractivity (Wildman–Crippen MR) is 53.4 cm³/mol. The fraction of sp³-hybridized carbons (Fsp3) is 0.111. The lowest BCUT2D eigenvalue weighted by Crippen LogP contribution is -2.13. The molecule has 0 aliphatic carbocycles. The zero-order valence-corrected chi connectivity index (χ0v) is 8.93. The summed E-state index contributed by atoms with van der Waals surface area (Å²) in [5.41, 5.74) is 0. The van der Waals surface area contributed by atoms with Crippen molar-refractivity contribution in [3.05, 3.63) is 36.4 Å². The Kier molecular flexibility index (Phi) is 3.61. The minimum absolute atomic E-state index is 0.0947. The SMILES string of the molecule is C=CCOc1c(F)cc(S(N)(=O)=O)cc1F. The maximum absolute atomic E-state index is 13.2. The maximum Gasteiger partial charge on any atom is 0.238 e. The number of rotatable bonds is 4. The van der Waals surface area contributed by atoms with Crippen LogP contribution in [0, 0.1) is 11.6 Å². The third-order valence-corrected chi connectivity index (χ3v) is 2.54. The van der Waals surface area contributed by atoms with Gasteiger partial charge in [-0.3, -0.25) is 0 Å². The summed E-state index contributed by atoms with van der Waals surface area (Å²) in [6.07, 6.45) is 1.30. The van der Waals surface area contributed by atoms with Gasteiger partial charge in [-0.15, -0.1) is 0 Å². The zero-order valence-electron chi connectivity index (χ0n) is 8.11. The van der Waals surface area contributed by atoms with Crippen LogP contribution in [0.2, 0.25) is 0 Å². The second kappa shape index (κ2) is 4.58. The molecule has 1 aromatic rings. The first-order chi connectivity index (χ1) is 7.36. The van der Waals surface area contributed by atoms with E-state index in [1.807, 2.05) is 0 Å². The van der Waals surface area contributed by atoms with E-state index >= 15 is 0 Å². The van der Waals surface area contributed by atoms with Crippen molar-refractivity contribution in [1.29, 1.82) is 0 Å². The Morgan fingerprint density at radius 3 is 2.25 bits per heavy atom. The van der Waals surface area contributed by atoms with Gasteiger partial charge >= 0.3 is 0 Å². The molecule has 0 heterocycles. The van der Waals surface area contributed by atoms with Crippen molar-refractivity contribution < 1.29 is 21.9 Å². The van der Waals surface area contributed by atoms with Gasteiger partial charge in [0.2, 0.25) is 10.0 Å². The van der Waals surface area contributed by atoms with Gasteiger partial charge in [0, 0.05) is 0 Å². The summed E-state index contributed by atoms with van der Waals surface area (Å²) in [4.78, 5) is -0.645. The first kappa shape index (κ1) is 12.6. The number of hydrogen-bond donors (Lipinski definition) is 1. The van der Waals surface area contributed by atoms with E-state index in [9.17, 15) is 17.2 Å². The van der Waals surface area contributed by atoms with Gasteiger partial charge in [-0.25, -0.2) is 22.3 Å². The van der Waals surface area contributed by atoms with E-state index in [-0.39, 0.29) is 6.61 Å². The van der Waals surface area contributed by atoms with Crippen LogP contribution in [0.4, 0.5) is 8.78 Å². The van der Waals surface area contributed by atoms with Gasteiger partial charge in [-0.2, -0.15) is 0 Å². The lowest BCUT2D eigenvalue weighted by molar-refractivity contribution is 0.319. The predicted octanol–water partition coefficient (Wildman–Crippen LogP) is 1.18. The first-order valence-electron chi connectivity index (χ1n) is 4.12. The normalized spacial score (nSPS) is 11.2. The average Bonchev–Trinajstić information content (AvgIpc) is 2.15. The molecule has 0 bridgehead atoms. The smallest absolute Gasteiger partial charge is 0.238 e. The number of primary sulfonamides is 1. The lowest BCUT2D eigenvalue weighted by Gasteiger charge is -2.07. The van der Waals surface area contributed by atoms with E-state index in [1.54, 1.807) is 0 Å². The van der Waals surface area contributed by atoms with Gasteiger partial charge < -0.3 is 4.74 Å². The van der Waals surface area contributed by atoms with Crippen LogP contribution in [-0.4, -0.2) is 15.0 Å². The summed E-state index contributed by atoms with van der Waals surface area (Å²) in [5, 5.41) is 4.73. The van der Waals surface area contributed by atoms with Crippen LogP contribution in [0.1, 0.15) is 0 Å². The molecule has 16 heavy (non-hydrogen) atoms. The van der Waals surface area contributed by atoms with Gasteiger partial charge in [0.05, 0.1) is 4.90 Å². The Bertz CT molecular complexity index is 490. The van der Waals surface area contributed by atoms with E-state index in [2.05, 4.69) is 11.3 Å². The fourth-order valence-corrected chi connectivity index (χ4v) is 1.52. The third kappa shape index (κ3) is 2.77. The van der Waals surface area contributed by atoms with E-state index in [4.69, 9.17) is 5.14 Å². The van der Waals surface area contributed by atoms with E-state index in [1.165, 1.54) is 6.08 Å². The monoisotopic (exact) mass is 249 g/mol. The molecule has 4 nitrogen and oxygen atoms in total. The second-order valence-corrected chi connectivity index (χ2v) is 4.42. The molecule has 1 aromatic carbocycles. The molecule has 0 unspecified atom stereocenters. The highest BCUT2D eigenvalue weighted by Crippen LogP contribution is 2.24. The average molecular weight is 249 g/mol. The van der Waals surface area contributed by atoms with Crippen LogP contribution in [0.15, 0.2) is 29.7 Å². The Labute approximate surface area is 91.4 Å². The summed E-state index contributed by atoms with van der Waals surface area (Å²) in [6, 6.07) is 1.19. The van der Waals surface area contributed by atoms with Crippen LogP contribution >= 0.6 is 0 Å². The molecule has 0 saturated heterocycles. The van der Waals surface area contributed by atoms with E-state index in [0.29, 0.717) is 12.1 Å². The molecule has 0 aromatic heterocycles. The van der Waals surface area contributed by atoms with Crippen molar-refractivity contribution in [3.8, 4) is 5.75 Å². The first-order valence-corrected chi connectivity index (χ1v) is 5.66. The molecule has 0 saturated carbocycles. The van der Waals surface area contributed by atoms with Crippen molar-refractivity contribution in [3.63, 3.8) is 0 Å². The van der Waals surface area contributed by atoms with E-state index < -0.39 is 32.3 Å². The number of halogens is 2. The van der Waals surface area contributed by atoms with Crippen LogP contribution in [-0.2, 0) is 10.0 Å². The summed E-state index contributed by atoms with van der Waals surface area (Å²) in [5.74, 6) is -2.93. The molecule has 2 N–H and O–H groups in total. The lowest BCUT2D eigenvalue weighted by atomic mass is 10.3. The van der Waals surface area contributed by atoms with Crippen LogP contribution in [0.3, 0.4) is 0 Å². The van der Waals surface area contributed by atoms with Gasteiger partial charge in [0.25, 0.3) is 0 Å². The van der Waals surface area contributed by atoms with Gasteiger partial charge in [-0.1, -0.05) is 12.7 Å². The molecule has 7 heteroatoms. The highest BCUT2D eigenvalue weighted by atomic mass is 32.2. The number of sulfonamides is 1. The molecule has 0 amide bonds. The minimum atomic E-state index is -4.14. The molecule has 88 valence electrons. The molecule has 0 spiro atoms. The second-order valence-electron chi connectivity index (χ2n) is 2.86. The standard InChI is InChI=1S/C9H9F2NO3S/c1-2-3-15-9-7(10)4-6(5-8(9)11)16(12,13)14/h2,4-5H,1,3H2,(H2,12,13,14). The molecule has 1 rings (SSSR count). The van der Waals surface area contributed by atoms with Gasteiger partial charge in [0.1, 0.15) is 6.61 Å². The largest absolute Gasteiger partial charge is 0.483 e. The van der Waals surface area contributed by atoms with Crippen molar-refractivity contribution >= 4 is 10.0 Å². The molecule has 0 aliphatic heterocycles. The molecule has 0 fully saturated rings. The van der Waals surface area contributed by atoms with Gasteiger partial charge in [-0.05, 0) is 12.1 Å². The third-order valence-electron chi connectivity index (χ3n) is 1.65. The highest BCUT2D eigenvalue weighted by Gasteiger charge is 2.17. The van der Waals surface area contributed by atoms with E-state index in [0.717, 1.165) is 0 Å². The van der Waals surface area contributed by atoms with Crippen LogP contribution in [0.25, 0.3) is 0 Å². The van der Waals surface area contributed by atoms with Crippen molar-refractivity contribution in [2.75, 3.05) is 6.61 Å². The topological polar surface area (TPSA) is 69.4 Å². The molecule has 0 radical (unpaired) electrons. The van der Waals surface area contributed by atoms with Gasteiger partial charge in [0.15, 0.2) is 17.4 Å². The van der Waals surface area contributed by atoms with Crippen molar-refractivity contribution in [2.45, 2.75) is 4.90 Å². The fourth-order valence-electron chi connectivity index (χ4n) is 0.981. The molecular formula is C9H9F2NO3S. The van der Waals surface area contributed by atoms with Crippen LogP contribution < -0.4 is 9.88 Å². The Morgan fingerprint density at radius 2 is 1.88 bits per heavy atom. The Hall–Kier alpha value is -1.47. The summed E-state index contributed by atoms with van der Waals surface area (Å²) in [7, 11) is -4.14. The summed E-state index contributed by atoms with van der Waals surface area (Å²) in [6.45, 7) is 3.21. The summed E-state index contributed by atoms with van der Waals surface area (Å²) >= 11 is 0. The molecule has 0 atom stereocenters. The van der Waals surface area contributed by atoms with Crippen LogP contribution in [0.5, 0.6) is 5.75 Å². The van der Waals surface area contributed by atoms with Crippen molar-refractivity contribution in [2.24, 2.45) is 5.14 Å². The number of ether oxygens (including phenoxy) is 1. The Morgan fingerprint density at radius 1 is 1.38 bits per heavy atom. The van der Waals surface area contributed by atoms with Crippen molar-refractivity contribution in [1.82, 2.24) is 0 Å². The quantitative estimate of drug-likeness (QED) is 0.814. The zero-order chi connectivity index (χ0) is 12.3. The maximum atomic E-state index is 13.2. The number of benzene rings is 1. The summed E-state index contributed by atoms with van der Waals surface area (Å²) < 4.78 is 52.9. The minimum Gasteiger partial charge on any atom is -0.483 e. The highest BCUT2D eigenvalue weighted by molar-refractivity contribution is 7.89. The molecule has 0 aliphatic rings. The number of nitrogens with two attached hydrogens (primary N) is 1.